The first-order valence-electron chi connectivity index (χ1n) is 8.99. The summed E-state index contributed by atoms with van der Waals surface area (Å²) in [5, 5.41) is 1.54. The number of pyridine rings is 1. The molecule has 0 fully saturated rings. The fourth-order valence-electron chi connectivity index (χ4n) is 3.14. The molecular weight excluding hydrogens is 382 g/mol. The average Bonchev–Trinajstić information content (AvgIpc) is 2.94. The molecule has 0 spiro atoms. The first-order chi connectivity index (χ1) is 12.9. The number of rotatable bonds is 8. The molecule has 1 N–H and O–H groups in total. The number of halogens is 1. The standard InChI is InChI=1S/C20H24ClN3O2S/c1-15(2)12-24-13-16(18-7-5-10-22-20(18)24)9-11-23-27(25,26)14-17-6-3-4-8-19(17)21/h3-8,10,13,15,23H,9,11-12,14H2,1-2H3. The number of nitrogens with one attached hydrogen (secondary N) is 1. The topological polar surface area (TPSA) is 64.0 Å². The second-order valence-corrected chi connectivity index (χ2v) is 9.28. The van der Waals surface area contributed by atoms with Crippen molar-refractivity contribution in [1.82, 2.24) is 14.3 Å². The predicted molar refractivity (Wildman–Crippen MR) is 110 cm³/mol. The normalized spacial score (nSPS) is 12.1. The van der Waals surface area contributed by atoms with E-state index in [0.29, 0.717) is 29.5 Å². The van der Waals surface area contributed by atoms with Crippen LogP contribution in [0.3, 0.4) is 0 Å². The maximum Gasteiger partial charge on any atom is 0.215 e. The van der Waals surface area contributed by atoms with Crippen LogP contribution in [0, 0.1) is 5.92 Å². The molecule has 144 valence electrons. The van der Waals surface area contributed by atoms with E-state index in [1.54, 1.807) is 30.5 Å². The minimum Gasteiger partial charge on any atom is -0.332 e. The van der Waals surface area contributed by atoms with Crippen molar-refractivity contribution in [2.45, 2.75) is 32.6 Å². The van der Waals surface area contributed by atoms with E-state index >= 15 is 0 Å². The van der Waals surface area contributed by atoms with Gasteiger partial charge in [-0.3, -0.25) is 0 Å². The molecule has 3 rings (SSSR count). The highest BCUT2D eigenvalue weighted by molar-refractivity contribution is 7.88. The van der Waals surface area contributed by atoms with Gasteiger partial charge in [0.05, 0.1) is 5.75 Å². The van der Waals surface area contributed by atoms with Crippen LogP contribution in [0.2, 0.25) is 5.02 Å². The van der Waals surface area contributed by atoms with Crippen LogP contribution in [0.1, 0.15) is 25.0 Å². The highest BCUT2D eigenvalue weighted by Gasteiger charge is 2.15. The summed E-state index contributed by atoms with van der Waals surface area (Å²) >= 11 is 6.07. The lowest BCUT2D eigenvalue weighted by molar-refractivity contribution is 0.532. The van der Waals surface area contributed by atoms with E-state index < -0.39 is 10.0 Å². The SMILES string of the molecule is CC(C)Cn1cc(CCNS(=O)(=O)Cc2ccccc2Cl)c2cccnc21. The molecule has 0 amide bonds. The van der Waals surface area contributed by atoms with Crippen LogP contribution in [-0.2, 0) is 28.7 Å². The van der Waals surface area contributed by atoms with Gasteiger partial charge in [-0.25, -0.2) is 18.1 Å². The highest BCUT2D eigenvalue weighted by Crippen LogP contribution is 2.21. The second kappa shape index (κ2) is 8.42. The molecule has 0 bridgehead atoms. The van der Waals surface area contributed by atoms with E-state index in [-0.39, 0.29) is 5.75 Å². The Morgan fingerprint density at radius 3 is 2.67 bits per heavy atom. The summed E-state index contributed by atoms with van der Waals surface area (Å²) in [7, 11) is -3.45. The fraction of sp³-hybridized carbons (Fsp3) is 0.350. The lowest BCUT2D eigenvalue weighted by Gasteiger charge is -2.08. The number of sulfonamides is 1. The molecule has 0 unspecified atom stereocenters. The summed E-state index contributed by atoms with van der Waals surface area (Å²) in [6.45, 7) is 5.54. The monoisotopic (exact) mass is 405 g/mol. The minimum atomic E-state index is -3.45. The lowest BCUT2D eigenvalue weighted by Crippen LogP contribution is -2.27. The smallest absolute Gasteiger partial charge is 0.215 e. The van der Waals surface area contributed by atoms with E-state index in [9.17, 15) is 8.42 Å². The van der Waals surface area contributed by atoms with Crippen molar-refractivity contribution in [1.29, 1.82) is 0 Å². The van der Waals surface area contributed by atoms with Crippen molar-refractivity contribution in [3.8, 4) is 0 Å². The zero-order valence-electron chi connectivity index (χ0n) is 15.5. The molecule has 2 aromatic heterocycles. The maximum absolute atomic E-state index is 12.4. The first kappa shape index (κ1) is 19.9. The molecule has 1 aromatic carbocycles. The molecule has 0 aliphatic rings. The molecular formula is C20H24ClN3O2S. The van der Waals surface area contributed by atoms with E-state index in [2.05, 4.69) is 34.3 Å². The van der Waals surface area contributed by atoms with Gasteiger partial charge in [-0.15, -0.1) is 0 Å². The van der Waals surface area contributed by atoms with Gasteiger partial charge in [0.25, 0.3) is 0 Å². The first-order valence-corrected chi connectivity index (χ1v) is 11.0. The minimum absolute atomic E-state index is 0.122. The van der Waals surface area contributed by atoms with Gasteiger partial charge in [-0.05, 0) is 41.7 Å². The molecule has 0 radical (unpaired) electrons. The van der Waals surface area contributed by atoms with Crippen LogP contribution in [-0.4, -0.2) is 24.5 Å². The zero-order chi connectivity index (χ0) is 19.4. The van der Waals surface area contributed by atoms with E-state index in [1.165, 1.54) is 0 Å². The summed E-state index contributed by atoms with van der Waals surface area (Å²) in [5.74, 6) is 0.383. The molecule has 0 aliphatic carbocycles. The van der Waals surface area contributed by atoms with Gasteiger partial charge in [0.2, 0.25) is 10.0 Å². The maximum atomic E-state index is 12.4. The van der Waals surface area contributed by atoms with Crippen molar-refractivity contribution < 1.29 is 8.42 Å². The number of benzene rings is 1. The summed E-state index contributed by atoms with van der Waals surface area (Å²) in [6.07, 6.45) is 4.48. The molecule has 7 heteroatoms. The van der Waals surface area contributed by atoms with Gasteiger partial charge in [-0.1, -0.05) is 43.6 Å². The fourth-order valence-corrected chi connectivity index (χ4v) is 4.60. The van der Waals surface area contributed by atoms with E-state index in [4.69, 9.17) is 11.6 Å². The number of nitrogens with zero attached hydrogens (tertiary/aromatic N) is 2. The van der Waals surface area contributed by atoms with Crippen LogP contribution in [0.25, 0.3) is 11.0 Å². The third-order valence-corrected chi connectivity index (χ3v) is 6.00. The van der Waals surface area contributed by atoms with Crippen molar-refractivity contribution in [2.75, 3.05) is 6.54 Å². The zero-order valence-corrected chi connectivity index (χ0v) is 17.1. The van der Waals surface area contributed by atoms with Gasteiger partial charge >= 0.3 is 0 Å². The van der Waals surface area contributed by atoms with Crippen molar-refractivity contribution in [3.05, 3.63) is 64.9 Å². The van der Waals surface area contributed by atoms with Crippen LogP contribution in [0.15, 0.2) is 48.8 Å². The Morgan fingerprint density at radius 2 is 1.93 bits per heavy atom. The quantitative estimate of drug-likeness (QED) is 0.615. The van der Waals surface area contributed by atoms with Gasteiger partial charge < -0.3 is 4.57 Å². The summed E-state index contributed by atoms with van der Waals surface area (Å²) in [5.41, 5.74) is 2.64. The van der Waals surface area contributed by atoms with Crippen molar-refractivity contribution >= 4 is 32.7 Å². The molecule has 3 aromatic rings. The van der Waals surface area contributed by atoms with Gasteiger partial charge in [0.15, 0.2) is 0 Å². The molecule has 2 heterocycles. The number of hydrogen-bond acceptors (Lipinski definition) is 3. The highest BCUT2D eigenvalue weighted by atomic mass is 35.5. The third-order valence-electron chi connectivity index (χ3n) is 4.30. The van der Waals surface area contributed by atoms with Crippen LogP contribution >= 0.6 is 11.6 Å². The molecule has 5 nitrogen and oxygen atoms in total. The van der Waals surface area contributed by atoms with Gasteiger partial charge in [-0.2, -0.15) is 0 Å². The average molecular weight is 406 g/mol. The molecule has 0 aliphatic heterocycles. The summed E-state index contributed by atoms with van der Waals surface area (Å²) in [6, 6.07) is 10.9. The Kier molecular flexibility index (Phi) is 6.19. The second-order valence-electron chi connectivity index (χ2n) is 7.07. The molecule has 0 saturated carbocycles. The van der Waals surface area contributed by atoms with Crippen molar-refractivity contribution in [3.63, 3.8) is 0 Å². The van der Waals surface area contributed by atoms with Crippen LogP contribution < -0.4 is 4.72 Å². The summed E-state index contributed by atoms with van der Waals surface area (Å²) < 4.78 is 29.6. The number of hydrogen-bond donors (Lipinski definition) is 1. The Hall–Kier alpha value is -1.89. The molecule has 27 heavy (non-hydrogen) atoms. The Bertz CT molecular complexity index is 1030. The summed E-state index contributed by atoms with van der Waals surface area (Å²) in [4.78, 5) is 4.49. The van der Waals surface area contributed by atoms with Crippen LogP contribution in [0.5, 0.6) is 0 Å². The Morgan fingerprint density at radius 1 is 1.15 bits per heavy atom. The predicted octanol–water partition coefficient (Wildman–Crippen LogP) is 4.01. The van der Waals surface area contributed by atoms with Crippen molar-refractivity contribution in [2.24, 2.45) is 5.92 Å². The van der Waals surface area contributed by atoms with Gasteiger partial charge in [0, 0.05) is 35.9 Å². The number of fused-ring (bicyclic) bond motifs is 1. The molecule has 0 saturated heterocycles. The number of aromatic nitrogens is 2. The molecule has 0 atom stereocenters. The van der Waals surface area contributed by atoms with Crippen LogP contribution in [0.4, 0.5) is 0 Å². The third kappa shape index (κ3) is 5.09. The lowest BCUT2D eigenvalue weighted by atomic mass is 10.2. The Balaban J connectivity index is 1.69. The van der Waals surface area contributed by atoms with Gasteiger partial charge in [0.1, 0.15) is 5.65 Å². The van der Waals surface area contributed by atoms with E-state index in [1.807, 2.05) is 12.1 Å². The largest absolute Gasteiger partial charge is 0.332 e. The van der Waals surface area contributed by atoms with E-state index in [0.717, 1.165) is 23.1 Å². The Labute approximate surface area is 165 Å².